The van der Waals surface area contributed by atoms with Crippen molar-refractivity contribution in [3.8, 4) is 0 Å². The summed E-state index contributed by atoms with van der Waals surface area (Å²) in [6, 6.07) is 8.75. The lowest BCUT2D eigenvalue weighted by Crippen LogP contribution is -2.32. The number of aliphatic hydroxyl groups is 1. The molecule has 27 heavy (non-hydrogen) atoms. The van der Waals surface area contributed by atoms with Gasteiger partial charge in [-0.2, -0.15) is 0 Å². The lowest BCUT2D eigenvalue weighted by molar-refractivity contribution is -0.156. The van der Waals surface area contributed by atoms with Gasteiger partial charge in [0.2, 0.25) is 0 Å². The molecule has 3 rings (SSSR count). The summed E-state index contributed by atoms with van der Waals surface area (Å²) >= 11 is 0. The van der Waals surface area contributed by atoms with Gasteiger partial charge < -0.3 is 9.84 Å². The quantitative estimate of drug-likeness (QED) is 0.744. The van der Waals surface area contributed by atoms with Crippen molar-refractivity contribution < 1.29 is 14.6 Å². The second-order valence-corrected chi connectivity index (χ2v) is 9.64. The first-order valence-corrected chi connectivity index (χ1v) is 9.92. The Hall–Kier alpha value is -1.87. The number of cyclic esters (lactones) is 1. The van der Waals surface area contributed by atoms with E-state index in [1.165, 1.54) is 22.3 Å². The highest BCUT2D eigenvalue weighted by atomic mass is 16.5. The molecule has 1 aromatic rings. The molecule has 0 amide bonds. The number of hydrogen-bond donors (Lipinski definition) is 1. The van der Waals surface area contributed by atoms with Crippen molar-refractivity contribution in [1.82, 2.24) is 0 Å². The molecule has 0 radical (unpaired) electrons. The SMILES string of the molecule is Cc1ccc(C2=C(C=C[C@H]3C[C@H](O)CC(=O)O3)C(C)(C)CC(C)(C)C2)cc1. The third kappa shape index (κ3) is 4.70. The molecule has 3 heteroatoms. The van der Waals surface area contributed by atoms with Crippen molar-refractivity contribution in [2.45, 2.75) is 72.5 Å². The van der Waals surface area contributed by atoms with Crippen LogP contribution >= 0.6 is 0 Å². The minimum absolute atomic E-state index is 0.0236. The highest BCUT2D eigenvalue weighted by molar-refractivity contribution is 5.74. The molecule has 146 valence electrons. The molecule has 0 aromatic heterocycles. The first kappa shape index (κ1) is 19.9. The topological polar surface area (TPSA) is 46.5 Å². The van der Waals surface area contributed by atoms with E-state index in [-0.39, 0.29) is 29.3 Å². The van der Waals surface area contributed by atoms with E-state index in [9.17, 15) is 9.90 Å². The number of benzene rings is 1. The van der Waals surface area contributed by atoms with Crippen LogP contribution in [0, 0.1) is 17.8 Å². The molecule has 1 aliphatic carbocycles. The van der Waals surface area contributed by atoms with E-state index in [1.807, 2.05) is 6.08 Å². The van der Waals surface area contributed by atoms with Gasteiger partial charge in [0.25, 0.3) is 0 Å². The highest BCUT2D eigenvalue weighted by Gasteiger charge is 2.38. The first-order chi connectivity index (χ1) is 12.6. The number of carbonyl (C=O) groups excluding carboxylic acids is 1. The fraction of sp³-hybridized carbons (Fsp3) is 0.542. The average molecular weight is 369 g/mol. The van der Waals surface area contributed by atoms with E-state index in [4.69, 9.17) is 4.74 Å². The van der Waals surface area contributed by atoms with Gasteiger partial charge in [0, 0.05) is 6.42 Å². The van der Waals surface area contributed by atoms with E-state index in [1.54, 1.807) is 0 Å². The van der Waals surface area contributed by atoms with E-state index >= 15 is 0 Å². The summed E-state index contributed by atoms with van der Waals surface area (Å²) in [5, 5.41) is 9.87. The van der Waals surface area contributed by atoms with Gasteiger partial charge in [0.1, 0.15) is 6.10 Å². The van der Waals surface area contributed by atoms with Crippen LogP contribution in [0.5, 0.6) is 0 Å². The second kappa shape index (κ2) is 7.27. The van der Waals surface area contributed by atoms with Gasteiger partial charge in [0.15, 0.2) is 0 Å². The van der Waals surface area contributed by atoms with Crippen LogP contribution in [0.25, 0.3) is 5.57 Å². The molecule has 0 spiro atoms. The van der Waals surface area contributed by atoms with Crippen LogP contribution in [0.3, 0.4) is 0 Å². The van der Waals surface area contributed by atoms with Gasteiger partial charge >= 0.3 is 5.97 Å². The zero-order valence-corrected chi connectivity index (χ0v) is 17.2. The lowest BCUT2D eigenvalue weighted by atomic mass is 9.61. The predicted octanol–water partition coefficient (Wildman–Crippen LogP) is 5.22. The molecular formula is C24H32O3. The van der Waals surface area contributed by atoms with E-state index in [2.05, 4.69) is 65.0 Å². The van der Waals surface area contributed by atoms with Crippen molar-refractivity contribution in [2.75, 3.05) is 0 Å². The average Bonchev–Trinajstić information content (AvgIpc) is 2.51. The number of aryl methyl sites for hydroxylation is 1. The van der Waals surface area contributed by atoms with Crippen molar-refractivity contribution in [1.29, 1.82) is 0 Å². The molecule has 3 nitrogen and oxygen atoms in total. The maximum atomic E-state index is 11.6. The lowest BCUT2D eigenvalue weighted by Gasteiger charge is -2.43. The summed E-state index contributed by atoms with van der Waals surface area (Å²) in [6.45, 7) is 11.4. The Morgan fingerprint density at radius 2 is 1.81 bits per heavy atom. The Labute approximate surface area is 163 Å². The van der Waals surface area contributed by atoms with Gasteiger partial charge in [-0.15, -0.1) is 0 Å². The summed E-state index contributed by atoms with van der Waals surface area (Å²) in [7, 11) is 0. The van der Waals surface area contributed by atoms with E-state index in [0.717, 1.165) is 12.8 Å². The smallest absolute Gasteiger partial charge is 0.309 e. The van der Waals surface area contributed by atoms with Crippen LogP contribution in [0.2, 0.25) is 0 Å². The van der Waals surface area contributed by atoms with E-state index in [0.29, 0.717) is 6.42 Å². The number of carbonyl (C=O) groups is 1. The zero-order valence-electron chi connectivity index (χ0n) is 17.2. The second-order valence-electron chi connectivity index (χ2n) is 9.64. The Morgan fingerprint density at radius 3 is 2.44 bits per heavy atom. The Bertz CT molecular complexity index is 765. The number of esters is 1. The van der Waals surface area contributed by atoms with Crippen LogP contribution in [0.1, 0.15) is 64.5 Å². The fourth-order valence-corrected chi connectivity index (χ4v) is 4.81. The van der Waals surface area contributed by atoms with Crippen LogP contribution in [0.15, 0.2) is 42.0 Å². The molecule has 1 heterocycles. The molecule has 1 aromatic carbocycles. The number of ether oxygens (including phenoxy) is 1. The summed E-state index contributed by atoms with van der Waals surface area (Å²) in [6.07, 6.45) is 5.84. The number of hydrogen-bond acceptors (Lipinski definition) is 3. The summed E-state index contributed by atoms with van der Waals surface area (Å²) in [5.41, 5.74) is 5.46. The minimum atomic E-state index is -0.607. The van der Waals surface area contributed by atoms with E-state index < -0.39 is 6.10 Å². The predicted molar refractivity (Wildman–Crippen MR) is 109 cm³/mol. The molecule has 0 bridgehead atoms. The van der Waals surface area contributed by atoms with Crippen molar-refractivity contribution in [3.05, 3.63) is 53.1 Å². The van der Waals surface area contributed by atoms with Crippen molar-refractivity contribution in [2.24, 2.45) is 10.8 Å². The molecule has 1 fully saturated rings. The standard InChI is InChI=1S/C24H32O3/c1-16-6-8-17(9-7-16)20-14-23(2,3)15-24(4,5)21(20)11-10-19-12-18(25)13-22(26)27-19/h6-11,18-19,25H,12-15H2,1-5H3/t18-,19-/m0/s1. The number of aliphatic hydroxyl groups excluding tert-OH is 1. The molecule has 1 N–H and O–H groups in total. The van der Waals surface area contributed by atoms with Crippen LogP contribution in [-0.2, 0) is 9.53 Å². The summed E-state index contributed by atoms with van der Waals surface area (Å²) in [5.74, 6) is -0.319. The van der Waals surface area contributed by atoms with Crippen molar-refractivity contribution >= 4 is 11.5 Å². The van der Waals surface area contributed by atoms with Gasteiger partial charge in [-0.05, 0) is 53.4 Å². The molecule has 0 unspecified atom stereocenters. The maximum Gasteiger partial charge on any atom is 0.309 e. The zero-order chi connectivity index (χ0) is 19.8. The van der Waals surface area contributed by atoms with Crippen LogP contribution in [-0.4, -0.2) is 23.3 Å². The van der Waals surface area contributed by atoms with Gasteiger partial charge in [0.05, 0.1) is 12.5 Å². The van der Waals surface area contributed by atoms with Gasteiger partial charge in [-0.1, -0.05) is 63.6 Å². The molecule has 0 saturated carbocycles. The first-order valence-electron chi connectivity index (χ1n) is 9.92. The molecule has 2 atom stereocenters. The Morgan fingerprint density at radius 1 is 1.15 bits per heavy atom. The molecule has 2 aliphatic rings. The third-order valence-electron chi connectivity index (χ3n) is 5.70. The fourth-order valence-electron chi connectivity index (χ4n) is 4.81. The number of rotatable bonds is 3. The number of allylic oxidation sites excluding steroid dienone is 3. The minimum Gasteiger partial charge on any atom is -0.458 e. The third-order valence-corrected chi connectivity index (χ3v) is 5.70. The largest absolute Gasteiger partial charge is 0.458 e. The monoisotopic (exact) mass is 368 g/mol. The Kier molecular flexibility index (Phi) is 5.36. The molecule has 1 aliphatic heterocycles. The summed E-state index contributed by atoms with van der Waals surface area (Å²) in [4.78, 5) is 11.6. The van der Waals surface area contributed by atoms with Crippen molar-refractivity contribution in [3.63, 3.8) is 0 Å². The maximum absolute atomic E-state index is 11.6. The highest BCUT2D eigenvalue weighted by Crippen LogP contribution is 2.52. The summed E-state index contributed by atoms with van der Waals surface area (Å²) < 4.78 is 5.41. The molecule has 1 saturated heterocycles. The van der Waals surface area contributed by atoms with Crippen LogP contribution in [0.4, 0.5) is 0 Å². The Balaban J connectivity index is 2.00. The van der Waals surface area contributed by atoms with Gasteiger partial charge in [-0.25, -0.2) is 0 Å². The van der Waals surface area contributed by atoms with Gasteiger partial charge in [-0.3, -0.25) is 4.79 Å². The molecular weight excluding hydrogens is 336 g/mol. The normalized spacial score (nSPS) is 27.7. The van der Waals surface area contributed by atoms with Crippen LogP contribution < -0.4 is 0 Å².